The summed E-state index contributed by atoms with van der Waals surface area (Å²) in [5.74, 6) is -0.205. The molecule has 0 spiro atoms. The van der Waals surface area contributed by atoms with Crippen LogP contribution < -0.4 is 4.90 Å². The Bertz CT molecular complexity index is 1170. The molecule has 2 aromatic carbocycles. The molecule has 0 radical (unpaired) electrons. The quantitative estimate of drug-likeness (QED) is 0.497. The van der Waals surface area contributed by atoms with Crippen molar-refractivity contribution < 1.29 is 13.2 Å². The molecule has 0 aliphatic rings. The van der Waals surface area contributed by atoms with Crippen LogP contribution in [0.5, 0.6) is 0 Å². The van der Waals surface area contributed by atoms with E-state index in [-0.39, 0.29) is 23.2 Å². The number of fused-ring (bicyclic) bond motifs is 1. The molecule has 0 atom stereocenters. The molecule has 0 aliphatic carbocycles. The van der Waals surface area contributed by atoms with Gasteiger partial charge in [-0.1, -0.05) is 11.3 Å². The number of aromatic nitrogens is 1. The number of halogens is 1. The average molecular weight is 497 g/mol. The Balaban J connectivity index is 0.00000363. The highest BCUT2D eigenvalue weighted by atomic mass is 35.5. The van der Waals surface area contributed by atoms with E-state index < -0.39 is 10.0 Å². The number of sulfonamides is 1. The molecule has 10 heteroatoms. The zero-order valence-electron chi connectivity index (χ0n) is 19.1. The number of benzene rings is 2. The van der Waals surface area contributed by atoms with Crippen LogP contribution in [0, 0.1) is 13.8 Å². The number of thiazole rings is 1. The van der Waals surface area contributed by atoms with E-state index in [0.717, 1.165) is 20.1 Å². The molecule has 1 aromatic heterocycles. The number of likely N-dealkylation sites (N-methyl/N-ethyl adjacent to an activating group) is 1. The standard InChI is InChI=1S/C22H28N4O3S2.ClH/c1-15-13-19-20(14-16(15)2)30-22(23-19)26(12-11-24(3)4)21(27)17-7-9-18(10-8-17)31(28,29)25(5)6;/h7-10,13-14H,11-12H2,1-6H3;1H. The van der Waals surface area contributed by atoms with E-state index in [4.69, 9.17) is 4.98 Å². The number of amides is 1. The van der Waals surface area contributed by atoms with Crippen LogP contribution in [0.3, 0.4) is 0 Å². The lowest BCUT2D eigenvalue weighted by molar-refractivity contribution is 0.0985. The maximum absolute atomic E-state index is 13.4. The first kappa shape index (κ1) is 26.2. The van der Waals surface area contributed by atoms with Crippen LogP contribution in [0.4, 0.5) is 5.13 Å². The average Bonchev–Trinajstić information content (AvgIpc) is 3.10. The Hall–Kier alpha value is -2.04. The fraction of sp³-hybridized carbons (Fsp3) is 0.364. The highest BCUT2D eigenvalue weighted by Crippen LogP contribution is 2.31. The molecule has 0 unspecified atom stereocenters. The van der Waals surface area contributed by atoms with Gasteiger partial charge in [0.25, 0.3) is 5.91 Å². The van der Waals surface area contributed by atoms with Crippen LogP contribution in [0.15, 0.2) is 41.3 Å². The van der Waals surface area contributed by atoms with Crippen molar-refractivity contribution in [2.45, 2.75) is 18.7 Å². The number of carbonyl (C=O) groups excluding carboxylic acids is 1. The van der Waals surface area contributed by atoms with Crippen LogP contribution in [0.1, 0.15) is 21.5 Å². The van der Waals surface area contributed by atoms with Crippen molar-refractivity contribution in [3.05, 3.63) is 53.1 Å². The summed E-state index contributed by atoms with van der Waals surface area (Å²) < 4.78 is 26.8. The topological polar surface area (TPSA) is 73.8 Å². The molecule has 0 aliphatic heterocycles. The van der Waals surface area contributed by atoms with Crippen molar-refractivity contribution in [1.82, 2.24) is 14.2 Å². The molecule has 0 N–H and O–H groups in total. The minimum absolute atomic E-state index is 0. The highest BCUT2D eigenvalue weighted by Gasteiger charge is 2.23. The number of aryl methyl sites for hydroxylation is 2. The molecular weight excluding hydrogens is 468 g/mol. The normalized spacial score (nSPS) is 11.8. The Morgan fingerprint density at radius 3 is 2.12 bits per heavy atom. The van der Waals surface area contributed by atoms with Gasteiger partial charge in [0.1, 0.15) is 0 Å². The Morgan fingerprint density at radius 2 is 1.56 bits per heavy atom. The smallest absolute Gasteiger partial charge is 0.260 e. The summed E-state index contributed by atoms with van der Waals surface area (Å²) in [4.78, 5) is 21.9. The van der Waals surface area contributed by atoms with E-state index in [0.29, 0.717) is 23.8 Å². The third kappa shape index (κ3) is 5.47. The van der Waals surface area contributed by atoms with Crippen molar-refractivity contribution in [3.8, 4) is 0 Å². The minimum atomic E-state index is -3.55. The number of anilines is 1. The second-order valence-corrected chi connectivity index (χ2v) is 11.1. The van der Waals surface area contributed by atoms with Crippen LogP contribution in [0.2, 0.25) is 0 Å². The van der Waals surface area contributed by atoms with Crippen LogP contribution in [-0.4, -0.2) is 69.8 Å². The summed E-state index contributed by atoms with van der Waals surface area (Å²) in [6, 6.07) is 10.2. The first-order valence-electron chi connectivity index (χ1n) is 9.87. The highest BCUT2D eigenvalue weighted by molar-refractivity contribution is 7.89. The zero-order valence-corrected chi connectivity index (χ0v) is 21.6. The third-order valence-corrected chi connectivity index (χ3v) is 7.99. The van der Waals surface area contributed by atoms with Gasteiger partial charge in [0.15, 0.2) is 5.13 Å². The predicted octanol–water partition coefficient (Wildman–Crippen LogP) is 3.79. The molecule has 174 valence electrons. The molecule has 7 nitrogen and oxygen atoms in total. The second kappa shape index (κ2) is 10.3. The van der Waals surface area contributed by atoms with E-state index in [2.05, 4.69) is 13.0 Å². The van der Waals surface area contributed by atoms with Gasteiger partial charge in [-0.25, -0.2) is 17.7 Å². The molecule has 0 saturated carbocycles. The lowest BCUT2D eigenvalue weighted by Crippen LogP contribution is -2.36. The van der Waals surface area contributed by atoms with E-state index in [1.807, 2.05) is 32.0 Å². The summed E-state index contributed by atoms with van der Waals surface area (Å²) in [5, 5.41) is 0.636. The molecule has 32 heavy (non-hydrogen) atoms. The fourth-order valence-electron chi connectivity index (χ4n) is 3.00. The summed E-state index contributed by atoms with van der Waals surface area (Å²) >= 11 is 1.49. The van der Waals surface area contributed by atoms with E-state index >= 15 is 0 Å². The van der Waals surface area contributed by atoms with Gasteiger partial charge in [-0.2, -0.15) is 0 Å². The molecule has 0 fully saturated rings. The third-order valence-electron chi connectivity index (χ3n) is 5.12. The SMILES string of the molecule is Cc1cc2nc(N(CCN(C)C)C(=O)c3ccc(S(=O)(=O)N(C)C)cc3)sc2cc1C.Cl. The van der Waals surface area contributed by atoms with Crippen molar-refractivity contribution in [2.75, 3.05) is 46.2 Å². The van der Waals surface area contributed by atoms with Crippen molar-refractivity contribution in [1.29, 1.82) is 0 Å². The van der Waals surface area contributed by atoms with Crippen molar-refractivity contribution >= 4 is 55.0 Å². The van der Waals surface area contributed by atoms with E-state index in [1.165, 1.54) is 43.1 Å². The summed E-state index contributed by atoms with van der Waals surface area (Å²) in [7, 11) is 3.32. The lowest BCUT2D eigenvalue weighted by Gasteiger charge is -2.22. The monoisotopic (exact) mass is 496 g/mol. The Labute approximate surface area is 200 Å². The summed E-state index contributed by atoms with van der Waals surface area (Å²) in [6.45, 7) is 5.26. The fourth-order valence-corrected chi connectivity index (χ4v) is 4.98. The van der Waals surface area contributed by atoms with Gasteiger partial charge in [-0.15, -0.1) is 12.4 Å². The maximum Gasteiger partial charge on any atom is 0.260 e. The predicted molar refractivity (Wildman–Crippen MR) is 134 cm³/mol. The molecule has 1 amide bonds. The first-order valence-corrected chi connectivity index (χ1v) is 12.1. The molecular formula is C22H29ClN4O3S2. The van der Waals surface area contributed by atoms with E-state index in [9.17, 15) is 13.2 Å². The van der Waals surface area contributed by atoms with E-state index in [1.54, 1.807) is 17.0 Å². The van der Waals surface area contributed by atoms with Gasteiger partial charge in [0, 0.05) is 32.7 Å². The number of hydrogen-bond acceptors (Lipinski definition) is 6. The number of hydrogen-bond donors (Lipinski definition) is 0. The number of nitrogens with zero attached hydrogens (tertiary/aromatic N) is 4. The Kier molecular flexibility index (Phi) is 8.41. The molecule has 1 heterocycles. The van der Waals surface area contributed by atoms with Gasteiger partial charge < -0.3 is 4.90 Å². The largest absolute Gasteiger partial charge is 0.308 e. The molecule has 3 rings (SSSR count). The van der Waals surface area contributed by atoms with Gasteiger partial charge >= 0.3 is 0 Å². The van der Waals surface area contributed by atoms with Gasteiger partial charge in [0.05, 0.1) is 15.1 Å². The van der Waals surface area contributed by atoms with Crippen LogP contribution in [-0.2, 0) is 10.0 Å². The van der Waals surface area contributed by atoms with Crippen molar-refractivity contribution in [2.24, 2.45) is 0 Å². The Morgan fingerprint density at radius 1 is 0.969 bits per heavy atom. The van der Waals surface area contributed by atoms with Crippen LogP contribution in [0.25, 0.3) is 10.2 Å². The first-order chi connectivity index (χ1) is 14.5. The van der Waals surface area contributed by atoms with Gasteiger partial charge in [-0.05, 0) is 75.5 Å². The van der Waals surface area contributed by atoms with Crippen LogP contribution >= 0.6 is 23.7 Å². The van der Waals surface area contributed by atoms with Crippen molar-refractivity contribution in [3.63, 3.8) is 0 Å². The summed E-state index contributed by atoms with van der Waals surface area (Å²) in [5.41, 5.74) is 3.64. The number of carbonyl (C=O) groups is 1. The lowest BCUT2D eigenvalue weighted by atomic mass is 10.1. The number of rotatable bonds is 7. The second-order valence-electron chi connectivity index (χ2n) is 7.97. The molecule has 0 bridgehead atoms. The minimum Gasteiger partial charge on any atom is -0.308 e. The molecule has 3 aromatic rings. The molecule has 0 saturated heterocycles. The van der Waals surface area contributed by atoms with Gasteiger partial charge in [0.2, 0.25) is 10.0 Å². The zero-order chi connectivity index (χ0) is 22.9. The van der Waals surface area contributed by atoms with Gasteiger partial charge in [-0.3, -0.25) is 9.69 Å². The maximum atomic E-state index is 13.4. The summed E-state index contributed by atoms with van der Waals surface area (Å²) in [6.07, 6.45) is 0.